The van der Waals surface area contributed by atoms with Gasteiger partial charge in [0.2, 0.25) is 0 Å². The number of carboxylic acids is 1. The van der Waals surface area contributed by atoms with Crippen molar-refractivity contribution in [2.75, 3.05) is 26.2 Å². The normalized spacial score (nSPS) is 23.9. The first kappa shape index (κ1) is 13.5. The average Bonchev–Trinajstić information content (AvgIpc) is 3.03. The number of hydrogen-bond donors (Lipinski definition) is 1. The van der Waals surface area contributed by atoms with Crippen LogP contribution in [0.3, 0.4) is 0 Å². The molecule has 0 aliphatic carbocycles. The molecule has 2 saturated heterocycles. The zero-order chi connectivity index (χ0) is 13.9. The molecule has 0 bridgehead atoms. The summed E-state index contributed by atoms with van der Waals surface area (Å²) < 4.78 is 7.27. The molecule has 1 N–H and O–H groups in total. The molecule has 110 valence electrons. The minimum Gasteiger partial charge on any atom is -0.476 e. The summed E-state index contributed by atoms with van der Waals surface area (Å²) in [6.07, 6.45) is 6.70. The summed E-state index contributed by atoms with van der Waals surface area (Å²) in [5.74, 6) is -1.02. The van der Waals surface area contributed by atoms with Gasteiger partial charge in [-0.05, 0) is 32.2 Å². The molecule has 0 spiro atoms. The van der Waals surface area contributed by atoms with Gasteiger partial charge in [-0.15, -0.1) is 5.10 Å². The highest BCUT2D eigenvalue weighted by Crippen LogP contribution is 2.22. The Labute approximate surface area is 117 Å². The van der Waals surface area contributed by atoms with Crippen LogP contribution in [0.5, 0.6) is 0 Å². The molecule has 3 heterocycles. The molecule has 0 saturated carbocycles. The third-order valence-corrected chi connectivity index (χ3v) is 4.07. The van der Waals surface area contributed by atoms with E-state index in [1.54, 1.807) is 4.68 Å². The molecule has 1 atom stereocenters. The highest BCUT2D eigenvalue weighted by Gasteiger charge is 2.29. The lowest BCUT2D eigenvalue weighted by Gasteiger charge is -2.39. The first-order valence-electron chi connectivity index (χ1n) is 7.21. The van der Waals surface area contributed by atoms with Crippen molar-refractivity contribution < 1.29 is 14.6 Å². The highest BCUT2D eigenvalue weighted by molar-refractivity contribution is 5.84. The Kier molecular flexibility index (Phi) is 3.98. The number of rotatable bonds is 6. The van der Waals surface area contributed by atoms with E-state index in [4.69, 9.17) is 9.84 Å². The van der Waals surface area contributed by atoms with E-state index in [0.29, 0.717) is 6.10 Å². The van der Waals surface area contributed by atoms with E-state index in [9.17, 15) is 4.79 Å². The number of nitrogens with zero attached hydrogens (tertiary/aromatic N) is 4. The molecule has 7 nitrogen and oxygen atoms in total. The van der Waals surface area contributed by atoms with Crippen molar-refractivity contribution in [2.24, 2.45) is 0 Å². The van der Waals surface area contributed by atoms with Crippen LogP contribution < -0.4 is 0 Å². The van der Waals surface area contributed by atoms with Gasteiger partial charge >= 0.3 is 5.97 Å². The van der Waals surface area contributed by atoms with E-state index in [2.05, 4.69) is 15.2 Å². The van der Waals surface area contributed by atoms with Crippen LogP contribution in [0, 0.1) is 0 Å². The average molecular weight is 280 g/mol. The summed E-state index contributed by atoms with van der Waals surface area (Å²) in [6.45, 7) is 3.85. The van der Waals surface area contributed by atoms with Crippen molar-refractivity contribution in [3.8, 4) is 0 Å². The van der Waals surface area contributed by atoms with Crippen LogP contribution in [0.1, 0.15) is 42.2 Å². The second-order valence-corrected chi connectivity index (χ2v) is 5.58. The topological polar surface area (TPSA) is 80.5 Å². The molecule has 2 fully saturated rings. The lowest BCUT2D eigenvalue weighted by atomic mass is 10.1. The Balaban J connectivity index is 1.36. The lowest BCUT2D eigenvalue weighted by molar-refractivity contribution is 0.0689. The van der Waals surface area contributed by atoms with Gasteiger partial charge in [0.15, 0.2) is 5.69 Å². The zero-order valence-electron chi connectivity index (χ0n) is 11.4. The Morgan fingerprint density at radius 3 is 3.00 bits per heavy atom. The lowest BCUT2D eigenvalue weighted by Crippen LogP contribution is -2.48. The van der Waals surface area contributed by atoms with Gasteiger partial charge in [0, 0.05) is 19.7 Å². The fourth-order valence-electron chi connectivity index (χ4n) is 2.86. The monoisotopic (exact) mass is 280 g/mol. The van der Waals surface area contributed by atoms with E-state index in [0.717, 1.165) is 39.1 Å². The Morgan fingerprint density at radius 1 is 1.50 bits per heavy atom. The van der Waals surface area contributed by atoms with Gasteiger partial charge in [-0.3, -0.25) is 4.90 Å². The van der Waals surface area contributed by atoms with Crippen LogP contribution in [0.4, 0.5) is 0 Å². The number of carbonyl (C=O) groups is 1. The molecular formula is C13H20N4O3. The molecule has 1 unspecified atom stereocenters. The molecule has 2 aliphatic heterocycles. The van der Waals surface area contributed by atoms with E-state index in [-0.39, 0.29) is 11.7 Å². The van der Waals surface area contributed by atoms with Crippen molar-refractivity contribution in [1.29, 1.82) is 0 Å². The van der Waals surface area contributed by atoms with Crippen LogP contribution in [-0.4, -0.2) is 63.3 Å². The Morgan fingerprint density at radius 2 is 2.35 bits per heavy atom. The number of carboxylic acid groups (broad SMARTS) is 1. The molecule has 0 aromatic carbocycles. The third kappa shape index (κ3) is 2.99. The van der Waals surface area contributed by atoms with Crippen molar-refractivity contribution >= 4 is 5.97 Å². The quantitative estimate of drug-likeness (QED) is 0.830. The molecule has 0 radical (unpaired) electrons. The molecular weight excluding hydrogens is 260 g/mol. The number of aromatic carboxylic acids is 1. The van der Waals surface area contributed by atoms with Gasteiger partial charge in [-0.25, -0.2) is 9.48 Å². The highest BCUT2D eigenvalue weighted by atomic mass is 16.5. The van der Waals surface area contributed by atoms with Crippen LogP contribution in [-0.2, 0) is 4.74 Å². The fourth-order valence-corrected chi connectivity index (χ4v) is 2.86. The number of aromatic nitrogens is 3. The van der Waals surface area contributed by atoms with E-state index >= 15 is 0 Å². The summed E-state index contributed by atoms with van der Waals surface area (Å²) in [5.41, 5.74) is 0.0156. The maximum atomic E-state index is 10.7. The first-order chi connectivity index (χ1) is 9.72. The number of ether oxygens (including phenoxy) is 1. The third-order valence-electron chi connectivity index (χ3n) is 4.07. The van der Waals surface area contributed by atoms with Gasteiger partial charge < -0.3 is 9.84 Å². The minimum absolute atomic E-state index is 0.0156. The Bertz CT molecular complexity index is 464. The van der Waals surface area contributed by atoms with E-state index in [1.807, 2.05) is 0 Å². The van der Waals surface area contributed by atoms with Crippen molar-refractivity contribution in [2.45, 2.75) is 37.8 Å². The standard InChI is InChI=1S/C13H20N4O3/c18-13(19)12-9-17(15-14-12)10-7-16(8-10)5-1-3-11-4-2-6-20-11/h9-11H,1-8H2,(H,18,19). The largest absolute Gasteiger partial charge is 0.476 e. The van der Waals surface area contributed by atoms with E-state index in [1.165, 1.54) is 19.0 Å². The maximum Gasteiger partial charge on any atom is 0.358 e. The molecule has 3 rings (SSSR count). The maximum absolute atomic E-state index is 10.7. The summed E-state index contributed by atoms with van der Waals surface area (Å²) in [7, 11) is 0. The minimum atomic E-state index is -1.02. The van der Waals surface area contributed by atoms with Gasteiger partial charge in [-0.1, -0.05) is 5.21 Å². The summed E-state index contributed by atoms with van der Waals surface area (Å²) in [6, 6.07) is 0.262. The number of likely N-dealkylation sites (tertiary alicyclic amines) is 1. The smallest absolute Gasteiger partial charge is 0.358 e. The van der Waals surface area contributed by atoms with Gasteiger partial charge in [0.25, 0.3) is 0 Å². The first-order valence-corrected chi connectivity index (χ1v) is 7.21. The van der Waals surface area contributed by atoms with Gasteiger partial charge in [0.1, 0.15) is 0 Å². The van der Waals surface area contributed by atoms with Crippen molar-refractivity contribution in [1.82, 2.24) is 19.9 Å². The molecule has 1 aromatic rings. The molecule has 7 heteroatoms. The van der Waals surface area contributed by atoms with Gasteiger partial charge in [0.05, 0.1) is 18.3 Å². The second-order valence-electron chi connectivity index (χ2n) is 5.58. The Hall–Kier alpha value is -1.47. The van der Waals surface area contributed by atoms with Crippen LogP contribution >= 0.6 is 0 Å². The van der Waals surface area contributed by atoms with Crippen molar-refractivity contribution in [3.63, 3.8) is 0 Å². The summed E-state index contributed by atoms with van der Waals surface area (Å²) >= 11 is 0. The summed E-state index contributed by atoms with van der Waals surface area (Å²) in [4.78, 5) is 13.1. The van der Waals surface area contributed by atoms with Crippen LogP contribution in [0.25, 0.3) is 0 Å². The van der Waals surface area contributed by atoms with Gasteiger partial charge in [-0.2, -0.15) is 0 Å². The SMILES string of the molecule is O=C(O)c1cn(C2CN(CCCC3CCCO3)C2)nn1. The number of hydrogen-bond acceptors (Lipinski definition) is 5. The fraction of sp³-hybridized carbons (Fsp3) is 0.769. The van der Waals surface area contributed by atoms with Crippen LogP contribution in [0.15, 0.2) is 6.20 Å². The predicted molar refractivity (Wildman–Crippen MR) is 70.7 cm³/mol. The molecule has 2 aliphatic rings. The molecule has 1 aromatic heterocycles. The zero-order valence-corrected chi connectivity index (χ0v) is 11.4. The second kappa shape index (κ2) is 5.88. The molecule has 0 amide bonds. The molecule has 20 heavy (non-hydrogen) atoms. The van der Waals surface area contributed by atoms with Crippen molar-refractivity contribution in [3.05, 3.63) is 11.9 Å². The van der Waals surface area contributed by atoms with E-state index < -0.39 is 5.97 Å². The predicted octanol–water partition coefficient (Wildman–Crippen LogP) is 0.792. The summed E-state index contributed by atoms with van der Waals surface area (Å²) in [5, 5.41) is 16.3. The van der Waals surface area contributed by atoms with Crippen LogP contribution in [0.2, 0.25) is 0 Å².